The van der Waals surface area contributed by atoms with Gasteiger partial charge in [-0.2, -0.15) is 0 Å². The van der Waals surface area contributed by atoms with Gasteiger partial charge in [0, 0.05) is 6.54 Å². The van der Waals surface area contributed by atoms with Gasteiger partial charge in [0.25, 0.3) is 0 Å². The molecule has 0 aliphatic carbocycles. The lowest BCUT2D eigenvalue weighted by Crippen LogP contribution is -2.49. The maximum absolute atomic E-state index is 9.64. The van der Waals surface area contributed by atoms with Crippen LogP contribution in [0.4, 0.5) is 0 Å². The van der Waals surface area contributed by atoms with Crippen LogP contribution in [-0.4, -0.2) is 69.6 Å². The highest BCUT2D eigenvalue weighted by Gasteiger charge is 2.29. The van der Waals surface area contributed by atoms with Crippen molar-refractivity contribution in [3.05, 3.63) is 0 Å². The minimum absolute atomic E-state index is 0.144. The van der Waals surface area contributed by atoms with Crippen molar-refractivity contribution >= 4 is 0 Å². The average molecular weight is 293 g/mol. The molecule has 0 aromatic heterocycles. The smallest absolute Gasteiger partial charge is 0.111 e. The van der Waals surface area contributed by atoms with Crippen molar-refractivity contribution in [3.63, 3.8) is 0 Å². The summed E-state index contributed by atoms with van der Waals surface area (Å²) in [6.07, 6.45) is 1.45. The lowest BCUT2D eigenvalue weighted by Gasteiger charge is -2.25. The SMILES string of the molecule is CCCCCCCCNC[C@H](O)C(O)C(O)C(O)CO. The van der Waals surface area contributed by atoms with Gasteiger partial charge in [0.1, 0.15) is 18.3 Å². The van der Waals surface area contributed by atoms with Crippen LogP contribution in [0, 0.1) is 0 Å². The van der Waals surface area contributed by atoms with E-state index < -0.39 is 31.0 Å². The van der Waals surface area contributed by atoms with Gasteiger partial charge in [-0.15, -0.1) is 0 Å². The van der Waals surface area contributed by atoms with Crippen LogP contribution in [0.1, 0.15) is 45.4 Å². The molecule has 0 saturated heterocycles. The fraction of sp³-hybridized carbons (Fsp3) is 1.00. The first-order valence-electron chi connectivity index (χ1n) is 7.58. The summed E-state index contributed by atoms with van der Waals surface area (Å²) in [7, 11) is 0. The highest BCUT2D eigenvalue weighted by Crippen LogP contribution is 2.06. The third-order valence-corrected chi connectivity index (χ3v) is 3.39. The fourth-order valence-electron chi connectivity index (χ4n) is 1.96. The van der Waals surface area contributed by atoms with Crippen LogP contribution in [0.3, 0.4) is 0 Å². The van der Waals surface area contributed by atoms with Crippen LogP contribution in [0.5, 0.6) is 0 Å². The molecule has 0 radical (unpaired) electrons. The molecule has 6 nitrogen and oxygen atoms in total. The predicted molar refractivity (Wildman–Crippen MR) is 77.4 cm³/mol. The van der Waals surface area contributed by atoms with Crippen molar-refractivity contribution in [1.29, 1.82) is 0 Å². The third-order valence-electron chi connectivity index (χ3n) is 3.39. The number of hydrogen-bond acceptors (Lipinski definition) is 6. The van der Waals surface area contributed by atoms with Gasteiger partial charge in [-0.25, -0.2) is 0 Å². The Kier molecular flexibility index (Phi) is 12.3. The van der Waals surface area contributed by atoms with Gasteiger partial charge >= 0.3 is 0 Å². The Balaban J connectivity index is 3.59. The molecule has 6 heteroatoms. The van der Waals surface area contributed by atoms with Gasteiger partial charge in [0.05, 0.1) is 12.7 Å². The first-order valence-corrected chi connectivity index (χ1v) is 7.58. The van der Waals surface area contributed by atoms with Crippen molar-refractivity contribution in [3.8, 4) is 0 Å². The number of nitrogens with one attached hydrogen (secondary N) is 1. The second-order valence-electron chi connectivity index (χ2n) is 5.27. The van der Waals surface area contributed by atoms with E-state index in [2.05, 4.69) is 12.2 Å². The molecule has 0 fully saturated rings. The monoisotopic (exact) mass is 293 g/mol. The first kappa shape index (κ1) is 19.8. The average Bonchev–Trinajstić information content (AvgIpc) is 2.47. The molecule has 0 heterocycles. The van der Waals surface area contributed by atoms with Crippen LogP contribution in [0.15, 0.2) is 0 Å². The largest absolute Gasteiger partial charge is 0.394 e. The summed E-state index contributed by atoms with van der Waals surface area (Å²) in [5, 5.41) is 49.5. The molecule has 3 unspecified atom stereocenters. The Labute approximate surface area is 121 Å². The number of unbranched alkanes of at least 4 members (excludes halogenated alkanes) is 5. The van der Waals surface area contributed by atoms with Gasteiger partial charge in [-0.05, 0) is 13.0 Å². The fourth-order valence-corrected chi connectivity index (χ4v) is 1.96. The van der Waals surface area contributed by atoms with E-state index in [1.165, 1.54) is 25.7 Å². The highest BCUT2D eigenvalue weighted by molar-refractivity contribution is 4.81. The molecule has 0 aromatic rings. The molecule has 0 aliphatic rings. The third kappa shape index (κ3) is 8.84. The molecule has 0 saturated carbocycles. The van der Waals surface area contributed by atoms with Gasteiger partial charge in [-0.1, -0.05) is 39.0 Å². The van der Waals surface area contributed by atoms with Crippen LogP contribution >= 0.6 is 0 Å². The number of hydrogen-bond donors (Lipinski definition) is 6. The predicted octanol–water partition coefficient (Wildman–Crippen LogP) is -0.628. The van der Waals surface area contributed by atoms with E-state index in [-0.39, 0.29) is 6.54 Å². The zero-order valence-electron chi connectivity index (χ0n) is 12.4. The summed E-state index contributed by atoms with van der Waals surface area (Å²) in [4.78, 5) is 0. The van der Waals surface area contributed by atoms with E-state index in [0.717, 1.165) is 19.4 Å². The molecule has 0 bridgehead atoms. The molecule has 6 N–H and O–H groups in total. The molecule has 0 aromatic carbocycles. The molecule has 122 valence electrons. The van der Waals surface area contributed by atoms with E-state index in [1.54, 1.807) is 0 Å². The Morgan fingerprint density at radius 2 is 1.35 bits per heavy atom. The van der Waals surface area contributed by atoms with Crippen molar-refractivity contribution in [2.24, 2.45) is 0 Å². The minimum atomic E-state index is -1.55. The Morgan fingerprint density at radius 1 is 0.800 bits per heavy atom. The summed E-state index contributed by atoms with van der Waals surface area (Å²) in [6, 6.07) is 0. The minimum Gasteiger partial charge on any atom is -0.394 e. The second-order valence-corrected chi connectivity index (χ2v) is 5.27. The Morgan fingerprint density at radius 3 is 1.95 bits per heavy atom. The topological polar surface area (TPSA) is 113 Å². The normalized spacial score (nSPS) is 17.7. The Hall–Kier alpha value is -0.240. The summed E-state index contributed by atoms with van der Waals surface area (Å²) < 4.78 is 0. The van der Waals surface area contributed by atoms with E-state index in [0.29, 0.717) is 0 Å². The van der Waals surface area contributed by atoms with Crippen LogP contribution in [-0.2, 0) is 0 Å². The van der Waals surface area contributed by atoms with E-state index >= 15 is 0 Å². The van der Waals surface area contributed by atoms with Gasteiger partial charge in [0.15, 0.2) is 0 Å². The summed E-state index contributed by atoms with van der Waals surface area (Å²) in [6.45, 7) is 2.41. The number of aliphatic hydroxyl groups is 5. The summed E-state index contributed by atoms with van der Waals surface area (Å²) in [5.41, 5.74) is 0. The van der Waals surface area contributed by atoms with Crippen LogP contribution in [0.25, 0.3) is 0 Å². The van der Waals surface area contributed by atoms with Gasteiger partial charge in [-0.3, -0.25) is 0 Å². The molecule has 4 atom stereocenters. The molecule has 0 amide bonds. The van der Waals surface area contributed by atoms with Gasteiger partial charge in [0.2, 0.25) is 0 Å². The van der Waals surface area contributed by atoms with Gasteiger partial charge < -0.3 is 30.8 Å². The zero-order chi connectivity index (χ0) is 15.4. The number of rotatable bonds is 13. The molecule has 0 rings (SSSR count). The van der Waals surface area contributed by atoms with E-state index in [1.807, 2.05) is 0 Å². The maximum atomic E-state index is 9.64. The van der Waals surface area contributed by atoms with E-state index in [4.69, 9.17) is 10.2 Å². The lowest BCUT2D eigenvalue weighted by molar-refractivity contribution is -0.113. The van der Waals surface area contributed by atoms with Crippen LogP contribution in [0.2, 0.25) is 0 Å². The second kappa shape index (κ2) is 12.5. The lowest BCUT2D eigenvalue weighted by atomic mass is 10.0. The highest BCUT2D eigenvalue weighted by atomic mass is 16.4. The molecule has 0 aliphatic heterocycles. The zero-order valence-corrected chi connectivity index (χ0v) is 12.4. The molecule has 20 heavy (non-hydrogen) atoms. The summed E-state index contributed by atoms with van der Waals surface area (Å²) >= 11 is 0. The number of aliphatic hydroxyl groups excluding tert-OH is 5. The molecular weight excluding hydrogens is 262 g/mol. The van der Waals surface area contributed by atoms with E-state index in [9.17, 15) is 15.3 Å². The maximum Gasteiger partial charge on any atom is 0.111 e. The quantitative estimate of drug-likeness (QED) is 0.252. The Bertz CT molecular complexity index is 218. The molecule has 0 spiro atoms. The first-order chi connectivity index (χ1) is 9.54. The van der Waals surface area contributed by atoms with Crippen molar-refractivity contribution in [2.75, 3.05) is 19.7 Å². The van der Waals surface area contributed by atoms with Crippen LogP contribution < -0.4 is 5.32 Å². The standard InChI is InChI=1S/C14H31NO5/c1-2-3-4-5-6-7-8-15-9-11(17)13(19)14(20)12(18)10-16/h11-20H,2-10H2,1H3/t11-,12?,13?,14?/m0/s1. The summed E-state index contributed by atoms with van der Waals surface area (Å²) in [5.74, 6) is 0. The van der Waals surface area contributed by atoms with Crippen molar-refractivity contribution in [1.82, 2.24) is 5.32 Å². The van der Waals surface area contributed by atoms with Crippen molar-refractivity contribution in [2.45, 2.75) is 69.9 Å². The van der Waals surface area contributed by atoms with Crippen molar-refractivity contribution < 1.29 is 25.5 Å². The molecular formula is C14H31NO5.